The van der Waals surface area contributed by atoms with Crippen LogP contribution in [-0.2, 0) is 14.3 Å². The van der Waals surface area contributed by atoms with Gasteiger partial charge in [0.15, 0.2) is 0 Å². The molecule has 0 bridgehead atoms. The summed E-state index contributed by atoms with van der Waals surface area (Å²) in [5.74, 6) is -1.14. The zero-order valence-electron chi connectivity index (χ0n) is 23.2. The molecule has 4 rings (SSSR count). The zero-order valence-corrected chi connectivity index (χ0v) is 23.2. The molecule has 1 N–H and O–H groups in total. The van der Waals surface area contributed by atoms with Crippen molar-refractivity contribution in [2.75, 3.05) is 25.5 Å². The standard InChI is InChI=1S/C31H31F3N2O6/c1-20-17-25(42-31(32,33)34)19-26(29(20)21-7-4-3-5-8-21)30(39)35-22-9-6-10-24(18-22)41-23-13-15-36(16-14-23)27(37)11-12-28(38)40-2/h3-10,17-19,23H,11-16H2,1-2H3,(H,35,39). The van der Waals surface area contributed by atoms with Crippen LogP contribution in [0.2, 0.25) is 0 Å². The van der Waals surface area contributed by atoms with Crippen molar-refractivity contribution < 1.29 is 41.8 Å². The second-order valence-electron chi connectivity index (χ2n) is 9.83. The number of methoxy groups -OCH3 is 1. The second-order valence-corrected chi connectivity index (χ2v) is 9.83. The molecule has 42 heavy (non-hydrogen) atoms. The third kappa shape index (κ3) is 8.25. The molecule has 0 spiro atoms. The first kappa shape index (κ1) is 30.4. The Balaban J connectivity index is 1.45. The number of hydrogen-bond donors (Lipinski definition) is 1. The largest absolute Gasteiger partial charge is 0.573 e. The number of rotatable bonds is 9. The normalized spacial score (nSPS) is 13.8. The number of aryl methyl sites for hydroxylation is 1. The van der Waals surface area contributed by atoms with Gasteiger partial charge in [-0.1, -0.05) is 36.4 Å². The molecule has 1 aliphatic rings. The molecule has 11 heteroatoms. The summed E-state index contributed by atoms with van der Waals surface area (Å²) in [6, 6.07) is 18.0. The van der Waals surface area contributed by atoms with E-state index in [1.807, 2.05) is 0 Å². The Hall–Kier alpha value is -4.54. The summed E-state index contributed by atoms with van der Waals surface area (Å²) in [5, 5.41) is 2.77. The number of esters is 1. The van der Waals surface area contributed by atoms with Crippen LogP contribution in [0.15, 0.2) is 66.7 Å². The predicted octanol–water partition coefficient (Wildman–Crippen LogP) is 6.14. The summed E-state index contributed by atoms with van der Waals surface area (Å²) in [4.78, 5) is 38.8. The highest BCUT2D eigenvalue weighted by Crippen LogP contribution is 2.34. The minimum Gasteiger partial charge on any atom is -0.490 e. The minimum atomic E-state index is -4.91. The van der Waals surface area contributed by atoms with Crippen LogP contribution in [0.4, 0.5) is 18.9 Å². The van der Waals surface area contributed by atoms with Crippen molar-refractivity contribution in [3.8, 4) is 22.6 Å². The summed E-state index contributed by atoms with van der Waals surface area (Å²) in [5.41, 5.74) is 2.02. The summed E-state index contributed by atoms with van der Waals surface area (Å²) >= 11 is 0. The van der Waals surface area contributed by atoms with Crippen LogP contribution in [0.5, 0.6) is 11.5 Å². The molecule has 0 aromatic heterocycles. The highest BCUT2D eigenvalue weighted by molar-refractivity contribution is 6.09. The molecule has 0 atom stereocenters. The van der Waals surface area contributed by atoms with E-state index in [-0.39, 0.29) is 30.4 Å². The Bertz CT molecular complexity index is 1420. The fourth-order valence-electron chi connectivity index (χ4n) is 4.84. The number of ether oxygens (including phenoxy) is 3. The highest BCUT2D eigenvalue weighted by Gasteiger charge is 2.32. The van der Waals surface area contributed by atoms with Gasteiger partial charge >= 0.3 is 12.3 Å². The number of likely N-dealkylation sites (tertiary alicyclic amines) is 1. The third-order valence-electron chi connectivity index (χ3n) is 6.81. The quantitative estimate of drug-likeness (QED) is 0.304. The van der Waals surface area contributed by atoms with Crippen LogP contribution in [0.25, 0.3) is 11.1 Å². The van der Waals surface area contributed by atoms with Crippen LogP contribution in [0.3, 0.4) is 0 Å². The van der Waals surface area contributed by atoms with Crippen molar-refractivity contribution in [2.45, 2.75) is 45.1 Å². The average Bonchev–Trinajstić information content (AvgIpc) is 2.95. The number of carbonyl (C=O) groups excluding carboxylic acids is 3. The van der Waals surface area contributed by atoms with Crippen LogP contribution in [0.1, 0.15) is 41.6 Å². The highest BCUT2D eigenvalue weighted by atomic mass is 19.4. The van der Waals surface area contributed by atoms with E-state index in [4.69, 9.17) is 4.74 Å². The number of benzene rings is 3. The SMILES string of the molecule is COC(=O)CCC(=O)N1CCC(Oc2cccc(NC(=O)c3cc(OC(F)(F)F)cc(C)c3-c3ccccc3)c2)CC1. The average molecular weight is 585 g/mol. The van der Waals surface area contributed by atoms with Crippen molar-refractivity contribution in [1.29, 1.82) is 0 Å². The molecule has 1 fully saturated rings. The summed E-state index contributed by atoms with van der Waals surface area (Å²) in [6.45, 7) is 2.59. The summed E-state index contributed by atoms with van der Waals surface area (Å²) < 4.78 is 53.7. The lowest BCUT2D eigenvalue weighted by Crippen LogP contribution is -2.41. The van der Waals surface area contributed by atoms with Gasteiger partial charge in [-0.2, -0.15) is 0 Å². The summed E-state index contributed by atoms with van der Waals surface area (Å²) in [7, 11) is 1.28. The Kier molecular flexibility index (Phi) is 9.72. The lowest BCUT2D eigenvalue weighted by Gasteiger charge is -2.32. The van der Waals surface area contributed by atoms with Gasteiger partial charge in [0.05, 0.1) is 19.1 Å². The van der Waals surface area contributed by atoms with Gasteiger partial charge in [0, 0.05) is 44.1 Å². The molecule has 0 radical (unpaired) electrons. The molecular weight excluding hydrogens is 553 g/mol. The van der Waals surface area contributed by atoms with E-state index in [9.17, 15) is 27.6 Å². The van der Waals surface area contributed by atoms with Crippen molar-refractivity contribution >= 4 is 23.5 Å². The van der Waals surface area contributed by atoms with E-state index in [2.05, 4.69) is 14.8 Å². The van der Waals surface area contributed by atoms with Crippen LogP contribution in [-0.4, -0.2) is 55.3 Å². The molecule has 1 saturated heterocycles. The summed E-state index contributed by atoms with van der Waals surface area (Å²) in [6.07, 6.45) is -3.76. The lowest BCUT2D eigenvalue weighted by atomic mass is 9.94. The van der Waals surface area contributed by atoms with Gasteiger partial charge < -0.3 is 24.4 Å². The second kappa shape index (κ2) is 13.4. The maximum atomic E-state index is 13.4. The predicted molar refractivity (Wildman–Crippen MR) is 149 cm³/mol. The number of anilines is 1. The van der Waals surface area contributed by atoms with Crippen molar-refractivity contribution in [3.63, 3.8) is 0 Å². The number of carbonyl (C=O) groups is 3. The van der Waals surface area contributed by atoms with Crippen LogP contribution < -0.4 is 14.8 Å². The topological polar surface area (TPSA) is 94.2 Å². The molecule has 8 nitrogen and oxygen atoms in total. The van der Waals surface area contributed by atoms with Crippen LogP contribution in [0, 0.1) is 6.92 Å². The third-order valence-corrected chi connectivity index (χ3v) is 6.81. The number of alkyl halides is 3. The fourth-order valence-corrected chi connectivity index (χ4v) is 4.84. The zero-order chi connectivity index (χ0) is 30.3. The van der Waals surface area contributed by atoms with Crippen molar-refractivity contribution in [2.24, 2.45) is 0 Å². The molecule has 2 amide bonds. The number of amides is 2. The molecule has 0 saturated carbocycles. The van der Waals surface area contributed by atoms with Gasteiger partial charge in [-0.15, -0.1) is 13.2 Å². The number of piperidine rings is 1. The number of halogens is 3. The van der Waals surface area contributed by atoms with E-state index in [1.54, 1.807) is 66.4 Å². The first-order valence-electron chi connectivity index (χ1n) is 13.4. The Morgan fingerprint density at radius 1 is 0.929 bits per heavy atom. The lowest BCUT2D eigenvalue weighted by molar-refractivity contribution is -0.274. The minimum absolute atomic E-state index is 0.0241. The maximum Gasteiger partial charge on any atom is 0.573 e. The van der Waals surface area contributed by atoms with Crippen LogP contribution >= 0.6 is 0 Å². The van der Waals surface area contributed by atoms with Gasteiger partial charge in [0.1, 0.15) is 17.6 Å². The van der Waals surface area contributed by atoms with Crippen molar-refractivity contribution in [3.05, 3.63) is 77.9 Å². The number of nitrogens with zero attached hydrogens (tertiary/aromatic N) is 1. The molecule has 222 valence electrons. The van der Waals surface area contributed by atoms with E-state index in [1.165, 1.54) is 13.2 Å². The number of nitrogens with one attached hydrogen (secondary N) is 1. The van der Waals surface area contributed by atoms with Gasteiger partial charge in [-0.3, -0.25) is 14.4 Å². The molecule has 0 aliphatic carbocycles. The van der Waals surface area contributed by atoms with E-state index < -0.39 is 24.0 Å². The Morgan fingerprint density at radius 3 is 2.31 bits per heavy atom. The van der Waals surface area contributed by atoms with Crippen molar-refractivity contribution in [1.82, 2.24) is 4.90 Å². The Morgan fingerprint density at radius 2 is 1.64 bits per heavy atom. The maximum absolute atomic E-state index is 13.4. The smallest absolute Gasteiger partial charge is 0.490 e. The molecule has 1 aliphatic heterocycles. The van der Waals surface area contributed by atoms with Gasteiger partial charge in [-0.05, 0) is 47.9 Å². The molecule has 3 aromatic rings. The van der Waals surface area contributed by atoms with Gasteiger partial charge in [-0.25, -0.2) is 0 Å². The molecule has 0 unspecified atom stereocenters. The van der Waals surface area contributed by atoms with E-state index >= 15 is 0 Å². The molecule has 3 aromatic carbocycles. The fraction of sp³-hybridized carbons (Fsp3) is 0.323. The van der Waals surface area contributed by atoms with E-state index in [0.717, 1.165) is 6.07 Å². The Labute approximate surface area is 241 Å². The number of hydrogen-bond acceptors (Lipinski definition) is 6. The van der Waals surface area contributed by atoms with Gasteiger partial charge in [0.2, 0.25) is 5.91 Å². The monoisotopic (exact) mass is 584 g/mol. The first-order chi connectivity index (χ1) is 20.0. The first-order valence-corrected chi connectivity index (χ1v) is 13.4. The molecule has 1 heterocycles. The van der Waals surface area contributed by atoms with Gasteiger partial charge in [0.25, 0.3) is 5.91 Å². The molecular formula is C31H31F3N2O6. The van der Waals surface area contributed by atoms with E-state index in [0.29, 0.717) is 54.1 Å².